The summed E-state index contributed by atoms with van der Waals surface area (Å²) in [7, 11) is 0. The second-order valence-corrected chi connectivity index (χ2v) is 8.12. The van der Waals surface area contributed by atoms with Gasteiger partial charge < -0.3 is 10.2 Å². The number of rotatable bonds is 7. The molecule has 0 saturated heterocycles. The van der Waals surface area contributed by atoms with E-state index in [9.17, 15) is 9.59 Å². The number of nitrogens with one attached hydrogen (secondary N) is 1. The first kappa shape index (κ1) is 20.7. The van der Waals surface area contributed by atoms with Crippen LogP contribution in [-0.2, 0) is 22.7 Å². The topological polar surface area (TPSA) is 49.4 Å². The Morgan fingerprint density at radius 2 is 1.44 bits per heavy atom. The van der Waals surface area contributed by atoms with E-state index in [4.69, 9.17) is 0 Å². The van der Waals surface area contributed by atoms with Crippen molar-refractivity contribution >= 4 is 11.8 Å². The van der Waals surface area contributed by atoms with Gasteiger partial charge in [-0.25, -0.2) is 0 Å². The lowest BCUT2D eigenvalue weighted by atomic mass is 9.87. The highest BCUT2D eigenvalue weighted by atomic mass is 16.2. The van der Waals surface area contributed by atoms with Crippen molar-refractivity contribution in [3.05, 3.63) is 71.8 Å². The zero-order chi connectivity index (χ0) is 19.9. The minimum Gasteiger partial charge on any atom is -0.350 e. The predicted octanol–water partition coefficient (Wildman–Crippen LogP) is 4.16. The quantitative estimate of drug-likeness (QED) is 0.800. The summed E-state index contributed by atoms with van der Waals surface area (Å²) in [5.74, 6) is -0.206. The van der Waals surface area contributed by atoms with Gasteiger partial charge in [-0.15, -0.1) is 0 Å². The Balaban J connectivity index is 2.19. The number of hydrogen-bond acceptors (Lipinski definition) is 2. The fraction of sp³-hybridized carbons (Fsp3) is 0.391. The van der Waals surface area contributed by atoms with Gasteiger partial charge >= 0.3 is 0 Å². The van der Waals surface area contributed by atoms with Gasteiger partial charge in [0.25, 0.3) is 0 Å². The van der Waals surface area contributed by atoms with E-state index >= 15 is 0 Å². The van der Waals surface area contributed by atoms with Crippen LogP contribution in [0.15, 0.2) is 60.7 Å². The van der Waals surface area contributed by atoms with Crippen molar-refractivity contribution in [2.75, 3.05) is 0 Å². The van der Waals surface area contributed by atoms with E-state index in [1.165, 1.54) is 6.92 Å². The SMILES string of the molecule is CC(=O)N(Cc1ccccc1)C(CC(C)(C)C)C(=O)NCc1ccccc1. The molecule has 0 radical (unpaired) electrons. The molecule has 2 aromatic carbocycles. The van der Waals surface area contributed by atoms with E-state index in [0.29, 0.717) is 19.5 Å². The van der Waals surface area contributed by atoms with Gasteiger partial charge in [-0.1, -0.05) is 81.4 Å². The molecule has 1 unspecified atom stereocenters. The van der Waals surface area contributed by atoms with E-state index in [2.05, 4.69) is 26.1 Å². The monoisotopic (exact) mass is 366 g/mol. The van der Waals surface area contributed by atoms with Crippen molar-refractivity contribution < 1.29 is 9.59 Å². The van der Waals surface area contributed by atoms with Crippen LogP contribution in [0.5, 0.6) is 0 Å². The molecule has 0 bridgehead atoms. The van der Waals surface area contributed by atoms with Gasteiger partial charge in [0.2, 0.25) is 11.8 Å². The molecule has 4 nitrogen and oxygen atoms in total. The largest absolute Gasteiger partial charge is 0.350 e. The number of benzene rings is 2. The highest BCUT2D eigenvalue weighted by molar-refractivity contribution is 5.87. The van der Waals surface area contributed by atoms with Crippen LogP contribution in [0.3, 0.4) is 0 Å². The third-order valence-electron chi connectivity index (χ3n) is 4.39. The molecule has 144 valence electrons. The molecule has 0 aliphatic rings. The Morgan fingerprint density at radius 1 is 0.926 bits per heavy atom. The van der Waals surface area contributed by atoms with Crippen LogP contribution >= 0.6 is 0 Å². The van der Waals surface area contributed by atoms with Gasteiger partial charge in [-0.05, 0) is 23.0 Å². The molecule has 1 N–H and O–H groups in total. The molecule has 2 rings (SSSR count). The summed E-state index contributed by atoms with van der Waals surface area (Å²) < 4.78 is 0. The molecule has 0 aliphatic carbocycles. The lowest BCUT2D eigenvalue weighted by molar-refractivity contribution is -0.140. The first-order valence-corrected chi connectivity index (χ1v) is 9.39. The van der Waals surface area contributed by atoms with Crippen molar-refractivity contribution in [1.29, 1.82) is 0 Å². The zero-order valence-corrected chi connectivity index (χ0v) is 16.7. The van der Waals surface area contributed by atoms with Crippen molar-refractivity contribution in [3.8, 4) is 0 Å². The minimum absolute atomic E-state index is 0.0842. The summed E-state index contributed by atoms with van der Waals surface area (Å²) in [4.78, 5) is 27.1. The average Bonchev–Trinajstić information content (AvgIpc) is 2.63. The molecule has 0 saturated carbocycles. The maximum atomic E-state index is 13.0. The highest BCUT2D eigenvalue weighted by Gasteiger charge is 2.32. The minimum atomic E-state index is -0.508. The van der Waals surface area contributed by atoms with E-state index in [-0.39, 0.29) is 17.2 Å². The number of amides is 2. The van der Waals surface area contributed by atoms with Crippen LogP contribution in [0.4, 0.5) is 0 Å². The summed E-state index contributed by atoms with van der Waals surface area (Å²) in [5.41, 5.74) is 1.97. The van der Waals surface area contributed by atoms with E-state index < -0.39 is 6.04 Å². The van der Waals surface area contributed by atoms with Crippen molar-refractivity contribution in [2.24, 2.45) is 5.41 Å². The fourth-order valence-corrected chi connectivity index (χ4v) is 3.05. The van der Waals surface area contributed by atoms with Crippen LogP contribution in [0.2, 0.25) is 0 Å². The summed E-state index contributed by atoms with van der Waals surface area (Å²) in [6, 6.07) is 19.1. The van der Waals surface area contributed by atoms with Crippen molar-refractivity contribution in [3.63, 3.8) is 0 Å². The molecule has 0 fully saturated rings. The van der Waals surface area contributed by atoms with E-state index in [1.54, 1.807) is 4.90 Å². The fourth-order valence-electron chi connectivity index (χ4n) is 3.05. The molecule has 0 aromatic heterocycles. The van der Waals surface area contributed by atoms with Crippen LogP contribution in [-0.4, -0.2) is 22.8 Å². The Labute approximate surface area is 162 Å². The number of nitrogens with zero attached hydrogens (tertiary/aromatic N) is 1. The van der Waals surface area contributed by atoms with E-state index in [1.807, 2.05) is 60.7 Å². The molecule has 0 aliphatic heterocycles. The molecule has 2 amide bonds. The molecule has 1 atom stereocenters. The first-order valence-electron chi connectivity index (χ1n) is 9.39. The number of carbonyl (C=O) groups is 2. The Morgan fingerprint density at radius 3 is 1.93 bits per heavy atom. The van der Waals surface area contributed by atoms with E-state index in [0.717, 1.165) is 11.1 Å². The summed E-state index contributed by atoms with van der Waals surface area (Å²) in [6.07, 6.45) is 0.597. The van der Waals surface area contributed by atoms with Crippen LogP contribution in [0.25, 0.3) is 0 Å². The van der Waals surface area contributed by atoms with Gasteiger partial charge in [-0.3, -0.25) is 9.59 Å². The molecule has 0 heterocycles. The zero-order valence-electron chi connectivity index (χ0n) is 16.7. The summed E-state index contributed by atoms with van der Waals surface area (Å²) in [6.45, 7) is 8.68. The van der Waals surface area contributed by atoms with Crippen molar-refractivity contribution in [2.45, 2.75) is 53.2 Å². The normalized spacial score (nSPS) is 12.3. The second-order valence-electron chi connectivity index (χ2n) is 8.12. The molecule has 27 heavy (non-hydrogen) atoms. The molecular formula is C23H30N2O2. The summed E-state index contributed by atoms with van der Waals surface area (Å²) in [5, 5.41) is 3.01. The number of hydrogen-bond donors (Lipinski definition) is 1. The third-order valence-corrected chi connectivity index (χ3v) is 4.39. The van der Waals surface area contributed by atoms with Gasteiger partial charge in [0.15, 0.2) is 0 Å². The maximum Gasteiger partial charge on any atom is 0.243 e. The average molecular weight is 367 g/mol. The first-order chi connectivity index (χ1) is 12.8. The van der Waals surface area contributed by atoms with Crippen molar-refractivity contribution in [1.82, 2.24) is 10.2 Å². The smallest absolute Gasteiger partial charge is 0.243 e. The predicted molar refractivity (Wildman–Crippen MR) is 109 cm³/mol. The lowest BCUT2D eigenvalue weighted by Crippen LogP contribution is -2.50. The second kappa shape index (κ2) is 9.36. The van der Waals surface area contributed by atoms with Crippen LogP contribution in [0.1, 0.15) is 45.2 Å². The highest BCUT2D eigenvalue weighted by Crippen LogP contribution is 2.25. The number of carbonyl (C=O) groups excluding carboxylic acids is 2. The Kier molecular flexibility index (Phi) is 7.17. The Bertz CT molecular complexity index is 736. The maximum absolute atomic E-state index is 13.0. The molecule has 0 spiro atoms. The molecule has 4 heteroatoms. The van der Waals surface area contributed by atoms with Gasteiger partial charge in [0, 0.05) is 20.0 Å². The van der Waals surface area contributed by atoms with Crippen LogP contribution < -0.4 is 5.32 Å². The van der Waals surface area contributed by atoms with Crippen LogP contribution in [0, 0.1) is 5.41 Å². The molecular weight excluding hydrogens is 336 g/mol. The van der Waals surface area contributed by atoms with Gasteiger partial charge in [0.1, 0.15) is 6.04 Å². The Hall–Kier alpha value is -2.62. The lowest BCUT2D eigenvalue weighted by Gasteiger charge is -2.34. The standard InChI is InChI=1S/C23H30N2O2/c1-18(26)25(17-20-13-9-6-10-14-20)21(15-23(2,3)4)22(27)24-16-19-11-7-5-8-12-19/h5-14,21H,15-17H2,1-4H3,(H,24,27). The molecule has 2 aromatic rings. The van der Waals surface area contributed by atoms with Gasteiger partial charge in [0.05, 0.1) is 0 Å². The summed E-state index contributed by atoms with van der Waals surface area (Å²) >= 11 is 0. The van der Waals surface area contributed by atoms with Gasteiger partial charge in [-0.2, -0.15) is 0 Å². The third kappa shape index (κ3) is 6.89.